The minimum absolute atomic E-state index is 0.243. The van der Waals surface area contributed by atoms with Crippen LogP contribution in [0, 0.1) is 0 Å². The van der Waals surface area contributed by atoms with Gasteiger partial charge in [0.05, 0.1) is 31.4 Å². The molecule has 6 nitrogen and oxygen atoms in total. The molecule has 1 amide bonds. The molecule has 1 aromatic carbocycles. The number of benzene rings is 1. The maximum absolute atomic E-state index is 10.8. The van der Waals surface area contributed by atoms with Gasteiger partial charge in [-0.3, -0.25) is 4.79 Å². The number of primary amides is 1. The third kappa shape index (κ3) is 3.75. The third-order valence-corrected chi connectivity index (χ3v) is 3.16. The first-order valence-corrected chi connectivity index (χ1v) is 6.56. The average molecular weight is 301 g/mol. The summed E-state index contributed by atoms with van der Waals surface area (Å²) in [6, 6.07) is 3.97. The van der Waals surface area contributed by atoms with E-state index >= 15 is 0 Å². The molecule has 0 spiro atoms. The number of hydrogen-bond donors (Lipinski definition) is 2. The highest BCUT2D eigenvalue weighted by atomic mass is 35.5. The molecule has 0 saturated carbocycles. The Kier molecular flexibility index (Phi) is 5.05. The summed E-state index contributed by atoms with van der Waals surface area (Å²) in [6.07, 6.45) is 0. The molecule has 0 radical (unpaired) electrons. The van der Waals surface area contributed by atoms with E-state index < -0.39 is 5.91 Å². The van der Waals surface area contributed by atoms with E-state index in [1.54, 1.807) is 6.07 Å². The summed E-state index contributed by atoms with van der Waals surface area (Å²) < 4.78 is 15.6. The number of carbonyl (C=O) groups is 1. The van der Waals surface area contributed by atoms with Gasteiger partial charge in [-0.25, -0.2) is 0 Å². The van der Waals surface area contributed by atoms with E-state index in [1.165, 1.54) is 7.11 Å². The van der Waals surface area contributed by atoms with Crippen molar-refractivity contribution >= 4 is 17.5 Å². The predicted molar refractivity (Wildman–Crippen MR) is 74.1 cm³/mol. The van der Waals surface area contributed by atoms with Crippen LogP contribution in [0.3, 0.4) is 0 Å². The molecule has 1 saturated heterocycles. The Morgan fingerprint density at radius 1 is 1.55 bits per heavy atom. The van der Waals surface area contributed by atoms with E-state index in [1.807, 2.05) is 6.07 Å². The molecular formula is C13H17ClN2O4. The zero-order valence-electron chi connectivity index (χ0n) is 11.1. The zero-order valence-corrected chi connectivity index (χ0v) is 11.9. The zero-order chi connectivity index (χ0) is 14.5. The number of methoxy groups -OCH3 is 1. The van der Waals surface area contributed by atoms with E-state index in [4.69, 9.17) is 31.5 Å². The topological polar surface area (TPSA) is 82.8 Å². The molecule has 0 aromatic heterocycles. The molecule has 0 atom stereocenters. The van der Waals surface area contributed by atoms with Gasteiger partial charge in [-0.2, -0.15) is 0 Å². The van der Waals surface area contributed by atoms with Crippen LogP contribution in [0.1, 0.15) is 5.56 Å². The van der Waals surface area contributed by atoms with Gasteiger partial charge in [0.2, 0.25) is 0 Å². The Bertz CT molecular complexity index is 492. The van der Waals surface area contributed by atoms with Crippen LogP contribution in [-0.4, -0.2) is 38.9 Å². The molecule has 1 aliphatic heterocycles. The summed E-state index contributed by atoms with van der Waals surface area (Å²) in [4.78, 5) is 10.8. The van der Waals surface area contributed by atoms with Crippen LogP contribution < -0.4 is 20.5 Å². The highest BCUT2D eigenvalue weighted by Crippen LogP contribution is 2.36. The standard InChI is InChI=1S/C13H17ClN2O4/c1-18-11-3-8(4-16-9-5-19-6-9)2-10(14)13(11)20-7-12(15)17/h2-3,9,16H,4-7H2,1H3,(H2,15,17). The van der Waals surface area contributed by atoms with Crippen molar-refractivity contribution < 1.29 is 19.0 Å². The molecule has 1 fully saturated rings. The van der Waals surface area contributed by atoms with E-state index in [2.05, 4.69) is 5.32 Å². The lowest BCUT2D eigenvalue weighted by atomic mass is 10.1. The van der Waals surface area contributed by atoms with Gasteiger partial charge < -0.3 is 25.3 Å². The average Bonchev–Trinajstić information content (AvgIpc) is 2.34. The van der Waals surface area contributed by atoms with Gasteiger partial charge in [-0.05, 0) is 17.7 Å². The Morgan fingerprint density at radius 2 is 2.30 bits per heavy atom. The molecule has 1 heterocycles. The molecule has 0 bridgehead atoms. The number of rotatable bonds is 7. The summed E-state index contributed by atoms with van der Waals surface area (Å²) >= 11 is 6.15. The van der Waals surface area contributed by atoms with Gasteiger partial charge in [-0.15, -0.1) is 0 Å². The number of nitrogens with one attached hydrogen (secondary N) is 1. The largest absolute Gasteiger partial charge is 0.493 e. The molecule has 0 unspecified atom stereocenters. The first kappa shape index (κ1) is 14.9. The van der Waals surface area contributed by atoms with Gasteiger partial charge in [0, 0.05) is 6.54 Å². The minimum Gasteiger partial charge on any atom is -0.493 e. The van der Waals surface area contributed by atoms with Gasteiger partial charge >= 0.3 is 0 Å². The van der Waals surface area contributed by atoms with E-state index in [0.717, 1.165) is 18.8 Å². The highest BCUT2D eigenvalue weighted by Gasteiger charge is 2.18. The van der Waals surface area contributed by atoms with Crippen molar-refractivity contribution in [2.75, 3.05) is 26.9 Å². The molecule has 1 aliphatic rings. The number of amides is 1. The van der Waals surface area contributed by atoms with Crippen molar-refractivity contribution in [1.29, 1.82) is 0 Å². The van der Waals surface area contributed by atoms with E-state index in [-0.39, 0.29) is 6.61 Å². The fourth-order valence-electron chi connectivity index (χ4n) is 1.77. The van der Waals surface area contributed by atoms with Crippen LogP contribution in [-0.2, 0) is 16.1 Å². The van der Waals surface area contributed by atoms with Gasteiger partial charge in [-0.1, -0.05) is 11.6 Å². The Hall–Kier alpha value is -1.50. The number of carbonyl (C=O) groups excluding carboxylic acids is 1. The molecule has 2 rings (SSSR count). The second kappa shape index (κ2) is 6.78. The summed E-state index contributed by atoms with van der Waals surface area (Å²) in [5.41, 5.74) is 6.01. The van der Waals surface area contributed by atoms with Crippen molar-refractivity contribution in [2.24, 2.45) is 5.73 Å². The van der Waals surface area contributed by atoms with Crippen LogP contribution in [0.25, 0.3) is 0 Å². The van der Waals surface area contributed by atoms with E-state index in [9.17, 15) is 4.79 Å². The first-order chi connectivity index (χ1) is 9.60. The Balaban J connectivity index is 2.07. The maximum Gasteiger partial charge on any atom is 0.255 e. The minimum atomic E-state index is -0.571. The smallest absolute Gasteiger partial charge is 0.255 e. The summed E-state index contributed by atoms with van der Waals surface area (Å²) in [5.74, 6) is 0.225. The quantitative estimate of drug-likeness (QED) is 0.774. The molecule has 20 heavy (non-hydrogen) atoms. The third-order valence-electron chi connectivity index (χ3n) is 2.88. The second-order valence-corrected chi connectivity index (χ2v) is 4.89. The van der Waals surface area contributed by atoms with E-state index in [0.29, 0.717) is 29.1 Å². The monoisotopic (exact) mass is 300 g/mol. The van der Waals surface area contributed by atoms with Crippen LogP contribution in [0.5, 0.6) is 11.5 Å². The van der Waals surface area contributed by atoms with Crippen molar-refractivity contribution in [3.8, 4) is 11.5 Å². The van der Waals surface area contributed by atoms with Crippen molar-refractivity contribution in [3.05, 3.63) is 22.7 Å². The van der Waals surface area contributed by atoms with Crippen LogP contribution in [0.15, 0.2) is 12.1 Å². The first-order valence-electron chi connectivity index (χ1n) is 6.18. The summed E-state index contributed by atoms with van der Waals surface area (Å²) in [7, 11) is 1.51. The lowest BCUT2D eigenvalue weighted by Gasteiger charge is -2.27. The summed E-state index contributed by atoms with van der Waals surface area (Å²) in [6.45, 7) is 1.86. The Morgan fingerprint density at radius 3 is 2.85 bits per heavy atom. The molecule has 3 N–H and O–H groups in total. The van der Waals surface area contributed by atoms with Crippen molar-refractivity contribution in [3.63, 3.8) is 0 Å². The molecular weight excluding hydrogens is 284 g/mol. The maximum atomic E-state index is 10.8. The van der Waals surface area contributed by atoms with Gasteiger partial charge in [0.1, 0.15) is 0 Å². The molecule has 0 aliphatic carbocycles. The predicted octanol–water partition coefficient (Wildman–Crippen LogP) is 0.701. The summed E-state index contributed by atoms with van der Waals surface area (Å²) in [5, 5.41) is 3.71. The number of nitrogens with two attached hydrogens (primary N) is 1. The highest BCUT2D eigenvalue weighted by molar-refractivity contribution is 6.32. The van der Waals surface area contributed by atoms with Gasteiger partial charge in [0.15, 0.2) is 18.1 Å². The van der Waals surface area contributed by atoms with Crippen LogP contribution in [0.2, 0.25) is 5.02 Å². The fraction of sp³-hybridized carbons (Fsp3) is 0.462. The number of ether oxygens (including phenoxy) is 3. The molecule has 1 aromatic rings. The molecule has 7 heteroatoms. The lowest BCUT2D eigenvalue weighted by Crippen LogP contribution is -2.45. The second-order valence-electron chi connectivity index (χ2n) is 4.48. The SMILES string of the molecule is COc1cc(CNC2COC2)cc(Cl)c1OCC(N)=O. The van der Waals surface area contributed by atoms with Gasteiger partial charge in [0.25, 0.3) is 5.91 Å². The van der Waals surface area contributed by atoms with Crippen molar-refractivity contribution in [2.45, 2.75) is 12.6 Å². The molecule has 110 valence electrons. The van der Waals surface area contributed by atoms with Crippen molar-refractivity contribution in [1.82, 2.24) is 5.32 Å². The number of hydrogen-bond acceptors (Lipinski definition) is 5. The fourth-order valence-corrected chi connectivity index (χ4v) is 2.06. The number of halogens is 1. The van der Waals surface area contributed by atoms with Crippen LogP contribution in [0.4, 0.5) is 0 Å². The lowest BCUT2D eigenvalue weighted by molar-refractivity contribution is -0.119. The van der Waals surface area contributed by atoms with Crippen LogP contribution >= 0.6 is 11.6 Å². The normalized spacial score (nSPS) is 14.7. The Labute approximate surface area is 122 Å².